The molecule has 0 atom stereocenters. The Labute approximate surface area is 95.0 Å². The molecule has 0 saturated carbocycles. The zero-order valence-electron chi connectivity index (χ0n) is 7.77. The van der Waals surface area contributed by atoms with Crippen LogP contribution in [0.5, 0.6) is 5.75 Å². The third-order valence-corrected chi connectivity index (χ3v) is 2.23. The Balaban J connectivity index is 2.94. The van der Waals surface area contributed by atoms with Crippen LogP contribution in [0, 0.1) is 0 Å². The van der Waals surface area contributed by atoms with Gasteiger partial charge in [-0.2, -0.15) is 0 Å². The molecule has 1 heterocycles. The van der Waals surface area contributed by atoms with Crippen LogP contribution < -0.4 is 4.74 Å². The van der Waals surface area contributed by atoms with E-state index < -0.39 is 0 Å². The average molecular weight is 309 g/mol. The van der Waals surface area contributed by atoms with Crippen LogP contribution in [0.25, 0.3) is 0 Å². The topological polar surface area (TPSA) is 22.1 Å². The Morgan fingerprint density at radius 1 is 1.31 bits per heavy atom. The molecule has 1 aromatic rings. The lowest BCUT2D eigenvalue weighted by atomic mass is 10.2. The smallest absolute Gasteiger partial charge is 0.138 e. The summed E-state index contributed by atoms with van der Waals surface area (Å²) >= 11 is 6.67. The summed E-state index contributed by atoms with van der Waals surface area (Å²) in [6.07, 6.45) is 1.71. The van der Waals surface area contributed by atoms with Crippen molar-refractivity contribution in [1.29, 1.82) is 0 Å². The fourth-order valence-corrected chi connectivity index (χ4v) is 1.41. The monoisotopic (exact) mass is 307 g/mol. The molecule has 0 aliphatic rings. The molecular weight excluding hydrogens is 298 g/mol. The summed E-state index contributed by atoms with van der Waals surface area (Å²) in [5.41, 5.74) is -0.191. The van der Waals surface area contributed by atoms with Gasteiger partial charge in [-0.25, -0.2) is 4.98 Å². The lowest BCUT2D eigenvalue weighted by Crippen LogP contribution is -2.23. The standard InChI is InChI=1S/C9H11Br2NO/c1-9(2,3)13-7-4-8(11)12-5-6(7)10/h4-5H,1-3H3. The lowest BCUT2D eigenvalue weighted by molar-refractivity contribution is 0.129. The van der Waals surface area contributed by atoms with Gasteiger partial charge in [-0.05, 0) is 52.6 Å². The first kappa shape index (κ1) is 11.0. The molecule has 0 N–H and O–H groups in total. The van der Waals surface area contributed by atoms with Crippen molar-refractivity contribution >= 4 is 31.9 Å². The zero-order chi connectivity index (χ0) is 10.1. The Morgan fingerprint density at radius 3 is 2.46 bits per heavy atom. The second-order valence-electron chi connectivity index (χ2n) is 3.65. The van der Waals surface area contributed by atoms with E-state index in [4.69, 9.17) is 4.74 Å². The molecule has 0 radical (unpaired) electrons. The van der Waals surface area contributed by atoms with Crippen LogP contribution in [0.4, 0.5) is 0 Å². The molecule has 0 saturated heterocycles. The molecule has 0 aliphatic heterocycles. The number of pyridine rings is 1. The van der Waals surface area contributed by atoms with Gasteiger partial charge in [0.25, 0.3) is 0 Å². The van der Waals surface area contributed by atoms with Crippen molar-refractivity contribution in [3.05, 3.63) is 21.3 Å². The first-order valence-electron chi connectivity index (χ1n) is 3.88. The van der Waals surface area contributed by atoms with Gasteiger partial charge >= 0.3 is 0 Å². The summed E-state index contributed by atoms with van der Waals surface area (Å²) in [6.45, 7) is 6.02. The van der Waals surface area contributed by atoms with Crippen LogP contribution in [0.15, 0.2) is 21.3 Å². The van der Waals surface area contributed by atoms with E-state index in [2.05, 4.69) is 36.8 Å². The molecule has 0 unspecified atom stereocenters. The van der Waals surface area contributed by atoms with E-state index in [1.54, 1.807) is 6.20 Å². The molecular formula is C9H11Br2NO. The molecule has 0 spiro atoms. The molecule has 0 aromatic carbocycles. The fraction of sp³-hybridized carbons (Fsp3) is 0.444. The highest BCUT2D eigenvalue weighted by atomic mass is 79.9. The third-order valence-electron chi connectivity index (χ3n) is 1.20. The maximum atomic E-state index is 5.70. The fourth-order valence-electron chi connectivity index (χ4n) is 0.804. The van der Waals surface area contributed by atoms with Gasteiger partial charge < -0.3 is 4.74 Å². The highest BCUT2D eigenvalue weighted by molar-refractivity contribution is 9.11. The minimum absolute atomic E-state index is 0.191. The van der Waals surface area contributed by atoms with Crippen molar-refractivity contribution in [2.24, 2.45) is 0 Å². The Morgan fingerprint density at radius 2 is 1.92 bits per heavy atom. The predicted molar refractivity (Wildman–Crippen MR) is 60.0 cm³/mol. The van der Waals surface area contributed by atoms with Crippen LogP contribution in [-0.2, 0) is 0 Å². The van der Waals surface area contributed by atoms with Crippen molar-refractivity contribution in [2.75, 3.05) is 0 Å². The number of hydrogen-bond donors (Lipinski definition) is 0. The Bertz CT molecular complexity index is 307. The molecule has 1 rings (SSSR count). The molecule has 13 heavy (non-hydrogen) atoms. The van der Waals surface area contributed by atoms with Gasteiger partial charge in [-0.1, -0.05) is 0 Å². The van der Waals surface area contributed by atoms with Crippen molar-refractivity contribution in [3.8, 4) is 5.75 Å². The minimum Gasteiger partial charge on any atom is -0.487 e. The number of halogens is 2. The maximum absolute atomic E-state index is 5.70. The van der Waals surface area contributed by atoms with E-state index in [1.165, 1.54) is 0 Å². The first-order valence-corrected chi connectivity index (χ1v) is 5.47. The molecule has 4 heteroatoms. The predicted octanol–water partition coefficient (Wildman–Crippen LogP) is 3.78. The van der Waals surface area contributed by atoms with Gasteiger partial charge in [0, 0.05) is 12.3 Å². The Kier molecular flexibility index (Phi) is 3.35. The summed E-state index contributed by atoms with van der Waals surface area (Å²) in [4.78, 5) is 4.06. The molecule has 0 bridgehead atoms. The highest BCUT2D eigenvalue weighted by Crippen LogP contribution is 2.29. The van der Waals surface area contributed by atoms with Gasteiger partial charge in [0.2, 0.25) is 0 Å². The first-order chi connectivity index (χ1) is 5.88. The van der Waals surface area contributed by atoms with E-state index in [0.29, 0.717) is 0 Å². The van der Waals surface area contributed by atoms with Crippen molar-refractivity contribution < 1.29 is 4.74 Å². The van der Waals surface area contributed by atoms with Crippen LogP contribution in [0.3, 0.4) is 0 Å². The van der Waals surface area contributed by atoms with Gasteiger partial charge in [-0.15, -0.1) is 0 Å². The van der Waals surface area contributed by atoms with Crippen molar-refractivity contribution in [2.45, 2.75) is 26.4 Å². The summed E-state index contributed by atoms with van der Waals surface area (Å²) in [6, 6.07) is 1.84. The van der Waals surface area contributed by atoms with Gasteiger partial charge in [0.15, 0.2) is 0 Å². The summed E-state index contributed by atoms with van der Waals surface area (Å²) in [5, 5.41) is 0. The largest absolute Gasteiger partial charge is 0.487 e. The normalized spacial score (nSPS) is 11.5. The molecule has 72 valence electrons. The summed E-state index contributed by atoms with van der Waals surface area (Å²) in [7, 11) is 0. The number of hydrogen-bond acceptors (Lipinski definition) is 2. The summed E-state index contributed by atoms with van der Waals surface area (Å²) < 4.78 is 7.34. The van der Waals surface area contributed by atoms with E-state index >= 15 is 0 Å². The number of nitrogens with zero attached hydrogens (tertiary/aromatic N) is 1. The minimum atomic E-state index is -0.191. The zero-order valence-corrected chi connectivity index (χ0v) is 10.9. The van der Waals surface area contributed by atoms with E-state index in [9.17, 15) is 0 Å². The van der Waals surface area contributed by atoms with Crippen LogP contribution in [-0.4, -0.2) is 10.6 Å². The average Bonchev–Trinajstić information content (AvgIpc) is 1.94. The van der Waals surface area contributed by atoms with E-state index in [1.807, 2.05) is 26.8 Å². The van der Waals surface area contributed by atoms with E-state index in [0.717, 1.165) is 14.8 Å². The van der Waals surface area contributed by atoms with Gasteiger partial charge in [-0.3, -0.25) is 0 Å². The number of aromatic nitrogens is 1. The maximum Gasteiger partial charge on any atom is 0.138 e. The second-order valence-corrected chi connectivity index (χ2v) is 5.32. The Hall–Kier alpha value is -0.0900. The van der Waals surface area contributed by atoms with Crippen molar-refractivity contribution in [1.82, 2.24) is 4.98 Å². The third kappa shape index (κ3) is 3.65. The van der Waals surface area contributed by atoms with Crippen LogP contribution in [0.1, 0.15) is 20.8 Å². The SMILES string of the molecule is CC(C)(C)Oc1cc(Br)ncc1Br. The lowest BCUT2D eigenvalue weighted by Gasteiger charge is -2.21. The molecule has 0 fully saturated rings. The van der Waals surface area contributed by atoms with Gasteiger partial charge in [0.05, 0.1) is 4.47 Å². The van der Waals surface area contributed by atoms with Crippen LogP contribution in [0.2, 0.25) is 0 Å². The second kappa shape index (κ2) is 3.96. The molecule has 0 aliphatic carbocycles. The van der Waals surface area contributed by atoms with Gasteiger partial charge in [0.1, 0.15) is 16.0 Å². The molecule has 1 aromatic heterocycles. The molecule has 0 amide bonds. The summed E-state index contributed by atoms with van der Waals surface area (Å²) in [5.74, 6) is 0.800. The van der Waals surface area contributed by atoms with Crippen molar-refractivity contribution in [3.63, 3.8) is 0 Å². The highest BCUT2D eigenvalue weighted by Gasteiger charge is 2.14. The number of ether oxygens (including phenoxy) is 1. The molecule has 2 nitrogen and oxygen atoms in total. The van der Waals surface area contributed by atoms with E-state index in [-0.39, 0.29) is 5.60 Å². The number of rotatable bonds is 1. The quantitative estimate of drug-likeness (QED) is 0.737. The van der Waals surface area contributed by atoms with Crippen LogP contribution >= 0.6 is 31.9 Å².